The largest absolute Gasteiger partial charge is 0.372 e. The molecule has 0 aliphatic carbocycles. The molecule has 1 saturated heterocycles. The van der Waals surface area contributed by atoms with E-state index in [-0.39, 0.29) is 0 Å². The van der Waals surface area contributed by atoms with Crippen LogP contribution in [0.4, 0.5) is 0 Å². The number of likely N-dealkylation sites (N-methyl/N-ethyl adjacent to an activating group) is 2. The third kappa shape index (κ3) is 4.07. The van der Waals surface area contributed by atoms with E-state index in [2.05, 4.69) is 24.5 Å². The highest BCUT2D eigenvalue weighted by atomic mass is 16.5. The zero-order valence-corrected chi connectivity index (χ0v) is 8.81. The standard InChI is InChI=1S/C10H22N2O/c1-3-11-7-9-5-6-10(13-9)8-12-4-2/h9-12H,3-8H2,1-2H3/t9-,10-/m1/s1. The molecule has 0 aromatic rings. The van der Waals surface area contributed by atoms with Gasteiger partial charge in [-0.2, -0.15) is 0 Å². The molecular weight excluding hydrogens is 164 g/mol. The van der Waals surface area contributed by atoms with E-state index in [4.69, 9.17) is 4.74 Å². The molecule has 0 saturated carbocycles. The number of ether oxygens (including phenoxy) is 1. The summed E-state index contributed by atoms with van der Waals surface area (Å²) < 4.78 is 5.84. The van der Waals surface area contributed by atoms with Crippen molar-refractivity contribution < 1.29 is 4.74 Å². The van der Waals surface area contributed by atoms with Crippen molar-refractivity contribution in [1.82, 2.24) is 10.6 Å². The Bertz CT molecular complexity index is 116. The lowest BCUT2D eigenvalue weighted by Crippen LogP contribution is -2.30. The summed E-state index contributed by atoms with van der Waals surface area (Å²) in [5.41, 5.74) is 0. The molecule has 3 nitrogen and oxygen atoms in total. The summed E-state index contributed by atoms with van der Waals surface area (Å²) in [5, 5.41) is 6.64. The first-order chi connectivity index (χ1) is 6.36. The summed E-state index contributed by atoms with van der Waals surface area (Å²) >= 11 is 0. The van der Waals surface area contributed by atoms with Crippen LogP contribution in [0.25, 0.3) is 0 Å². The van der Waals surface area contributed by atoms with E-state index in [9.17, 15) is 0 Å². The summed E-state index contributed by atoms with van der Waals surface area (Å²) in [6.45, 7) is 8.36. The fourth-order valence-corrected chi connectivity index (χ4v) is 1.69. The molecule has 0 spiro atoms. The van der Waals surface area contributed by atoms with E-state index in [0.717, 1.165) is 26.2 Å². The van der Waals surface area contributed by atoms with Crippen LogP contribution in [-0.4, -0.2) is 38.4 Å². The molecule has 1 aliphatic heterocycles. The highest BCUT2D eigenvalue weighted by Crippen LogP contribution is 2.18. The first kappa shape index (κ1) is 11.0. The lowest BCUT2D eigenvalue weighted by molar-refractivity contribution is 0.0463. The average Bonchev–Trinajstić information content (AvgIpc) is 2.59. The lowest BCUT2D eigenvalue weighted by Gasteiger charge is -2.13. The molecule has 2 atom stereocenters. The van der Waals surface area contributed by atoms with Crippen LogP contribution in [0.15, 0.2) is 0 Å². The van der Waals surface area contributed by atoms with Crippen molar-refractivity contribution in [3.05, 3.63) is 0 Å². The minimum absolute atomic E-state index is 0.448. The Morgan fingerprint density at radius 3 is 1.85 bits per heavy atom. The Kier molecular flexibility index (Phi) is 5.35. The van der Waals surface area contributed by atoms with Crippen LogP contribution >= 0.6 is 0 Å². The van der Waals surface area contributed by atoms with Crippen molar-refractivity contribution >= 4 is 0 Å². The third-order valence-corrected chi connectivity index (χ3v) is 2.44. The summed E-state index contributed by atoms with van der Waals surface area (Å²) in [7, 11) is 0. The van der Waals surface area contributed by atoms with Gasteiger partial charge in [0.05, 0.1) is 12.2 Å². The maximum Gasteiger partial charge on any atom is 0.0704 e. The van der Waals surface area contributed by atoms with Crippen molar-refractivity contribution in [3.8, 4) is 0 Å². The zero-order chi connectivity index (χ0) is 9.52. The van der Waals surface area contributed by atoms with Crippen molar-refractivity contribution in [1.29, 1.82) is 0 Å². The SMILES string of the molecule is CCNC[C@H]1CC[C@H](CNCC)O1. The van der Waals surface area contributed by atoms with Crippen molar-refractivity contribution in [2.45, 2.75) is 38.9 Å². The minimum atomic E-state index is 0.448. The van der Waals surface area contributed by atoms with Gasteiger partial charge in [-0.3, -0.25) is 0 Å². The van der Waals surface area contributed by atoms with Gasteiger partial charge in [0.1, 0.15) is 0 Å². The smallest absolute Gasteiger partial charge is 0.0704 e. The van der Waals surface area contributed by atoms with Crippen molar-refractivity contribution in [2.75, 3.05) is 26.2 Å². The quantitative estimate of drug-likeness (QED) is 0.642. The normalized spacial score (nSPS) is 28.2. The van der Waals surface area contributed by atoms with Crippen LogP contribution in [0.3, 0.4) is 0 Å². The molecule has 0 radical (unpaired) electrons. The highest BCUT2D eigenvalue weighted by Gasteiger charge is 2.23. The van der Waals surface area contributed by atoms with E-state index in [1.54, 1.807) is 0 Å². The maximum atomic E-state index is 5.84. The van der Waals surface area contributed by atoms with Gasteiger partial charge < -0.3 is 15.4 Å². The number of hydrogen-bond donors (Lipinski definition) is 2. The molecule has 1 rings (SSSR count). The van der Waals surface area contributed by atoms with Gasteiger partial charge in [0.15, 0.2) is 0 Å². The fourth-order valence-electron chi connectivity index (χ4n) is 1.69. The Morgan fingerprint density at radius 1 is 1.00 bits per heavy atom. The molecule has 1 heterocycles. The van der Waals surface area contributed by atoms with Crippen LogP contribution in [0.2, 0.25) is 0 Å². The van der Waals surface area contributed by atoms with Crippen LogP contribution in [0.5, 0.6) is 0 Å². The van der Waals surface area contributed by atoms with E-state index in [1.807, 2.05) is 0 Å². The van der Waals surface area contributed by atoms with Crippen LogP contribution < -0.4 is 10.6 Å². The first-order valence-electron chi connectivity index (χ1n) is 5.43. The Hall–Kier alpha value is -0.120. The zero-order valence-electron chi connectivity index (χ0n) is 8.81. The van der Waals surface area contributed by atoms with Gasteiger partial charge in [0.2, 0.25) is 0 Å². The highest BCUT2D eigenvalue weighted by molar-refractivity contribution is 4.76. The first-order valence-corrected chi connectivity index (χ1v) is 5.43. The van der Waals surface area contributed by atoms with E-state index in [0.29, 0.717) is 12.2 Å². The molecule has 1 fully saturated rings. The van der Waals surface area contributed by atoms with E-state index < -0.39 is 0 Å². The molecule has 0 amide bonds. The van der Waals surface area contributed by atoms with Gasteiger partial charge in [0, 0.05) is 13.1 Å². The minimum Gasteiger partial charge on any atom is -0.372 e. The molecule has 3 heteroatoms. The molecule has 0 unspecified atom stereocenters. The van der Waals surface area contributed by atoms with Gasteiger partial charge in [-0.15, -0.1) is 0 Å². The summed E-state index contributed by atoms with van der Waals surface area (Å²) in [6, 6.07) is 0. The Labute approximate surface area is 81.2 Å². The summed E-state index contributed by atoms with van der Waals surface area (Å²) in [6.07, 6.45) is 3.32. The Morgan fingerprint density at radius 2 is 1.46 bits per heavy atom. The molecule has 0 aromatic carbocycles. The van der Waals surface area contributed by atoms with Gasteiger partial charge in [-0.25, -0.2) is 0 Å². The van der Waals surface area contributed by atoms with Gasteiger partial charge >= 0.3 is 0 Å². The van der Waals surface area contributed by atoms with Crippen LogP contribution in [0.1, 0.15) is 26.7 Å². The predicted octanol–water partition coefficient (Wildman–Crippen LogP) is 0.753. The van der Waals surface area contributed by atoms with Gasteiger partial charge in [0.25, 0.3) is 0 Å². The topological polar surface area (TPSA) is 33.3 Å². The second-order valence-corrected chi connectivity index (χ2v) is 3.57. The van der Waals surface area contributed by atoms with Gasteiger partial charge in [-0.1, -0.05) is 13.8 Å². The molecule has 1 aliphatic rings. The molecular formula is C10H22N2O. The predicted molar refractivity (Wildman–Crippen MR) is 55.0 cm³/mol. The number of nitrogens with one attached hydrogen (secondary N) is 2. The maximum absolute atomic E-state index is 5.84. The van der Waals surface area contributed by atoms with Gasteiger partial charge in [-0.05, 0) is 25.9 Å². The summed E-state index contributed by atoms with van der Waals surface area (Å²) in [4.78, 5) is 0. The lowest BCUT2D eigenvalue weighted by atomic mass is 10.2. The third-order valence-electron chi connectivity index (χ3n) is 2.44. The fraction of sp³-hybridized carbons (Fsp3) is 1.00. The Balaban J connectivity index is 2.05. The second-order valence-electron chi connectivity index (χ2n) is 3.57. The molecule has 13 heavy (non-hydrogen) atoms. The van der Waals surface area contributed by atoms with E-state index in [1.165, 1.54) is 12.8 Å². The van der Waals surface area contributed by atoms with Crippen LogP contribution in [-0.2, 0) is 4.74 Å². The summed E-state index contributed by atoms with van der Waals surface area (Å²) in [5.74, 6) is 0. The number of hydrogen-bond acceptors (Lipinski definition) is 3. The van der Waals surface area contributed by atoms with Crippen LogP contribution in [0, 0.1) is 0 Å². The van der Waals surface area contributed by atoms with Crippen molar-refractivity contribution in [2.24, 2.45) is 0 Å². The molecule has 0 bridgehead atoms. The molecule has 0 aromatic heterocycles. The number of rotatable bonds is 6. The molecule has 2 N–H and O–H groups in total. The second kappa shape index (κ2) is 6.35. The monoisotopic (exact) mass is 186 g/mol. The van der Waals surface area contributed by atoms with Crippen molar-refractivity contribution in [3.63, 3.8) is 0 Å². The molecule has 78 valence electrons. The average molecular weight is 186 g/mol. The van der Waals surface area contributed by atoms with E-state index >= 15 is 0 Å².